The predicted molar refractivity (Wildman–Crippen MR) is 96.9 cm³/mol. The fourth-order valence-electron chi connectivity index (χ4n) is 3.10. The number of Topliss-reactive ketones (excluding diaryl/α,β-unsaturated/α-hetero) is 1. The van der Waals surface area contributed by atoms with Crippen LogP contribution in [0.3, 0.4) is 0 Å². The molecule has 4 N–H and O–H groups in total. The third kappa shape index (κ3) is 3.88. The minimum Gasteiger partial charge on any atom is -0.497 e. The van der Waals surface area contributed by atoms with Gasteiger partial charge in [0.25, 0.3) is 0 Å². The molecule has 1 aromatic heterocycles. The summed E-state index contributed by atoms with van der Waals surface area (Å²) in [5, 5.41) is 0. The number of rotatable bonds is 5. The number of methoxy groups -OCH3 is 1. The number of benzene rings is 1. The first-order valence-electron chi connectivity index (χ1n) is 8.35. The SMILES string of the molecule is COc1ccc(N2CCC(N)CC2)c(CC(=O)c2nccnc2N)c1. The molecule has 3 rings (SSSR count). The van der Waals surface area contributed by atoms with Crippen LogP contribution in [0.5, 0.6) is 5.75 Å². The minimum absolute atomic E-state index is 0.154. The topological polar surface area (TPSA) is 107 Å². The molecule has 0 radical (unpaired) electrons. The Hall–Kier alpha value is -2.67. The number of ether oxygens (including phenoxy) is 1. The summed E-state index contributed by atoms with van der Waals surface area (Å²) in [4.78, 5) is 22.9. The largest absolute Gasteiger partial charge is 0.497 e. The Morgan fingerprint density at radius 2 is 2.00 bits per heavy atom. The van der Waals surface area contributed by atoms with E-state index in [9.17, 15) is 4.79 Å². The highest BCUT2D eigenvalue weighted by Crippen LogP contribution is 2.29. The monoisotopic (exact) mass is 341 g/mol. The van der Waals surface area contributed by atoms with Crippen LogP contribution < -0.4 is 21.1 Å². The van der Waals surface area contributed by atoms with Gasteiger partial charge in [-0.25, -0.2) is 9.97 Å². The van der Waals surface area contributed by atoms with Crippen LogP contribution >= 0.6 is 0 Å². The lowest BCUT2D eigenvalue weighted by atomic mass is 10.00. The molecule has 1 aliphatic rings. The van der Waals surface area contributed by atoms with Gasteiger partial charge in [0.15, 0.2) is 11.6 Å². The maximum absolute atomic E-state index is 12.7. The van der Waals surface area contributed by atoms with Crippen LogP contribution in [0.1, 0.15) is 28.9 Å². The van der Waals surface area contributed by atoms with Gasteiger partial charge >= 0.3 is 0 Å². The molecule has 0 atom stereocenters. The lowest BCUT2D eigenvalue weighted by Gasteiger charge is -2.33. The zero-order chi connectivity index (χ0) is 17.8. The van der Waals surface area contributed by atoms with Crippen molar-refractivity contribution in [3.63, 3.8) is 0 Å². The van der Waals surface area contributed by atoms with E-state index in [1.807, 2.05) is 18.2 Å². The fraction of sp³-hybridized carbons (Fsp3) is 0.389. The molecule has 0 spiro atoms. The Balaban J connectivity index is 1.88. The van der Waals surface area contributed by atoms with Crippen molar-refractivity contribution in [1.29, 1.82) is 0 Å². The van der Waals surface area contributed by atoms with E-state index < -0.39 is 0 Å². The van der Waals surface area contributed by atoms with Crippen molar-refractivity contribution in [3.05, 3.63) is 41.9 Å². The molecular formula is C18H23N5O2. The fourth-order valence-corrected chi connectivity index (χ4v) is 3.10. The van der Waals surface area contributed by atoms with Crippen LogP contribution in [0.2, 0.25) is 0 Å². The van der Waals surface area contributed by atoms with Gasteiger partial charge in [-0.2, -0.15) is 0 Å². The Morgan fingerprint density at radius 1 is 1.28 bits per heavy atom. The third-order valence-electron chi connectivity index (χ3n) is 4.51. The van der Waals surface area contributed by atoms with E-state index in [-0.39, 0.29) is 29.8 Å². The van der Waals surface area contributed by atoms with Crippen LogP contribution in [-0.4, -0.2) is 42.0 Å². The van der Waals surface area contributed by atoms with Crippen LogP contribution in [0.25, 0.3) is 0 Å². The van der Waals surface area contributed by atoms with Crippen molar-refractivity contribution >= 4 is 17.3 Å². The van der Waals surface area contributed by atoms with E-state index in [1.165, 1.54) is 12.4 Å². The van der Waals surface area contributed by atoms with Crippen molar-refractivity contribution in [2.24, 2.45) is 5.73 Å². The number of piperidine rings is 1. The van der Waals surface area contributed by atoms with Crippen molar-refractivity contribution in [2.45, 2.75) is 25.3 Å². The van der Waals surface area contributed by atoms with Crippen LogP contribution in [0.4, 0.5) is 11.5 Å². The third-order valence-corrected chi connectivity index (χ3v) is 4.51. The first kappa shape index (κ1) is 17.2. The first-order chi connectivity index (χ1) is 12.1. The van der Waals surface area contributed by atoms with Gasteiger partial charge in [0.05, 0.1) is 7.11 Å². The average molecular weight is 341 g/mol. The van der Waals surface area contributed by atoms with Gasteiger partial charge in [-0.15, -0.1) is 0 Å². The van der Waals surface area contributed by atoms with Crippen molar-refractivity contribution < 1.29 is 9.53 Å². The quantitative estimate of drug-likeness (QED) is 0.792. The van der Waals surface area contributed by atoms with Crippen molar-refractivity contribution in [2.75, 3.05) is 30.8 Å². The number of carbonyl (C=O) groups is 1. The maximum Gasteiger partial charge on any atom is 0.189 e. The zero-order valence-electron chi connectivity index (χ0n) is 14.3. The van der Waals surface area contributed by atoms with Gasteiger partial charge in [0.1, 0.15) is 11.4 Å². The van der Waals surface area contributed by atoms with Gasteiger partial charge in [0.2, 0.25) is 0 Å². The van der Waals surface area contributed by atoms with Crippen molar-refractivity contribution in [1.82, 2.24) is 9.97 Å². The number of carbonyl (C=O) groups excluding carboxylic acids is 1. The summed E-state index contributed by atoms with van der Waals surface area (Å²) in [6, 6.07) is 6.06. The Bertz CT molecular complexity index is 757. The van der Waals surface area contributed by atoms with Crippen molar-refractivity contribution in [3.8, 4) is 5.75 Å². The summed E-state index contributed by atoms with van der Waals surface area (Å²) in [5.41, 5.74) is 13.9. The molecule has 0 unspecified atom stereocenters. The number of nitrogens with zero attached hydrogens (tertiary/aromatic N) is 3. The number of hydrogen-bond donors (Lipinski definition) is 2. The molecular weight excluding hydrogens is 318 g/mol. The summed E-state index contributed by atoms with van der Waals surface area (Å²) < 4.78 is 5.32. The second-order valence-corrected chi connectivity index (χ2v) is 6.21. The Kier molecular flexibility index (Phi) is 5.14. The summed E-state index contributed by atoms with van der Waals surface area (Å²) in [7, 11) is 1.61. The Morgan fingerprint density at radius 3 is 2.68 bits per heavy atom. The van der Waals surface area contributed by atoms with E-state index in [2.05, 4.69) is 14.9 Å². The highest BCUT2D eigenvalue weighted by Gasteiger charge is 2.21. The van der Waals surface area contributed by atoms with E-state index in [0.717, 1.165) is 37.2 Å². The first-order valence-corrected chi connectivity index (χ1v) is 8.35. The second-order valence-electron chi connectivity index (χ2n) is 6.21. The van der Waals surface area contributed by atoms with E-state index in [4.69, 9.17) is 16.2 Å². The molecule has 0 aliphatic carbocycles. The smallest absolute Gasteiger partial charge is 0.189 e. The molecule has 0 bridgehead atoms. The molecule has 2 aromatic rings. The van der Waals surface area contributed by atoms with Gasteiger partial charge in [-0.3, -0.25) is 4.79 Å². The van der Waals surface area contributed by atoms with Crippen LogP contribution in [0.15, 0.2) is 30.6 Å². The summed E-state index contributed by atoms with van der Waals surface area (Å²) in [5.74, 6) is 0.710. The highest BCUT2D eigenvalue weighted by atomic mass is 16.5. The number of hydrogen-bond acceptors (Lipinski definition) is 7. The molecule has 1 aliphatic heterocycles. The normalized spacial score (nSPS) is 15.2. The van der Waals surface area contributed by atoms with Crippen LogP contribution in [-0.2, 0) is 6.42 Å². The van der Waals surface area contributed by atoms with Crippen LogP contribution in [0, 0.1) is 0 Å². The minimum atomic E-state index is -0.159. The molecule has 132 valence electrons. The number of ketones is 1. The van der Waals surface area contributed by atoms with E-state index in [1.54, 1.807) is 7.11 Å². The molecule has 0 saturated carbocycles. The molecule has 0 amide bonds. The molecule has 1 fully saturated rings. The molecule has 1 saturated heterocycles. The molecule has 25 heavy (non-hydrogen) atoms. The number of aromatic nitrogens is 2. The van der Waals surface area contributed by atoms with Gasteiger partial charge in [-0.05, 0) is 36.6 Å². The van der Waals surface area contributed by atoms with E-state index >= 15 is 0 Å². The number of anilines is 2. The number of nitrogens with two attached hydrogens (primary N) is 2. The second kappa shape index (κ2) is 7.48. The lowest BCUT2D eigenvalue weighted by molar-refractivity contribution is 0.0989. The zero-order valence-corrected chi connectivity index (χ0v) is 14.3. The lowest BCUT2D eigenvalue weighted by Crippen LogP contribution is -2.40. The Labute approximate surface area is 147 Å². The van der Waals surface area contributed by atoms with Gasteiger partial charge < -0.3 is 21.1 Å². The molecule has 2 heterocycles. The van der Waals surface area contributed by atoms with E-state index in [0.29, 0.717) is 5.75 Å². The van der Waals surface area contributed by atoms with Gasteiger partial charge in [-0.1, -0.05) is 0 Å². The van der Waals surface area contributed by atoms with Gasteiger partial charge in [0, 0.05) is 43.6 Å². The summed E-state index contributed by atoms with van der Waals surface area (Å²) in [6.07, 6.45) is 5.02. The standard InChI is InChI=1S/C18H23N5O2/c1-25-14-2-3-15(23-8-4-13(19)5-9-23)12(10-14)11-16(24)17-18(20)22-7-6-21-17/h2-3,6-7,10,13H,4-5,8-9,11,19H2,1H3,(H2,20,22). The summed E-state index contributed by atoms with van der Waals surface area (Å²) in [6.45, 7) is 1.75. The predicted octanol–water partition coefficient (Wildman–Crippen LogP) is 1.42. The maximum atomic E-state index is 12.7. The average Bonchev–Trinajstić information content (AvgIpc) is 2.63. The summed E-state index contributed by atoms with van der Waals surface area (Å²) >= 11 is 0. The molecule has 7 heteroatoms. The highest BCUT2D eigenvalue weighted by molar-refractivity contribution is 6.00. The molecule has 1 aromatic carbocycles. The number of nitrogen functional groups attached to an aromatic ring is 1. The molecule has 7 nitrogen and oxygen atoms in total.